The second-order valence-corrected chi connectivity index (χ2v) is 12.0. The maximum absolute atomic E-state index is 13.5. The van der Waals surface area contributed by atoms with Crippen LogP contribution < -0.4 is 5.32 Å². The van der Waals surface area contributed by atoms with Crippen molar-refractivity contribution in [1.29, 1.82) is 0 Å². The molecule has 3 amide bonds. The lowest BCUT2D eigenvalue weighted by atomic mass is 9.43. The number of carbonyl (C=O) groups excluding carboxylic acids is 3. The van der Waals surface area contributed by atoms with Crippen molar-refractivity contribution in [2.24, 2.45) is 17.3 Å². The van der Waals surface area contributed by atoms with Crippen LogP contribution in [0.15, 0.2) is 30.3 Å². The number of nitrogens with zero attached hydrogens (tertiary/aromatic N) is 1. The average molecular weight is 510 g/mol. The first kappa shape index (κ1) is 26.4. The molecule has 0 spiro atoms. The van der Waals surface area contributed by atoms with Gasteiger partial charge in [-0.25, -0.2) is 0 Å². The Morgan fingerprint density at radius 2 is 1.86 bits per heavy atom. The van der Waals surface area contributed by atoms with E-state index in [1.54, 1.807) is 0 Å². The fourth-order valence-corrected chi connectivity index (χ4v) is 7.16. The van der Waals surface area contributed by atoms with Crippen molar-refractivity contribution >= 4 is 24.8 Å². The van der Waals surface area contributed by atoms with Crippen molar-refractivity contribution < 1.29 is 28.4 Å². The molecule has 6 rings (SSSR count). The average Bonchev–Trinajstić information content (AvgIpc) is 3.40. The zero-order valence-corrected chi connectivity index (χ0v) is 22.4. The Labute approximate surface area is 219 Å². The summed E-state index contributed by atoms with van der Waals surface area (Å²) in [4.78, 5) is 39.4. The molecule has 3 aliphatic carbocycles. The minimum Gasteiger partial charge on any atom is -0.404 e. The van der Waals surface area contributed by atoms with Gasteiger partial charge in [-0.15, -0.1) is 0 Å². The largest absolute Gasteiger partial charge is 0.481 e. The van der Waals surface area contributed by atoms with Gasteiger partial charge in [0.1, 0.15) is 6.04 Å². The molecule has 1 aromatic rings. The van der Waals surface area contributed by atoms with E-state index < -0.39 is 30.6 Å². The predicted molar refractivity (Wildman–Crippen MR) is 138 cm³/mol. The molecule has 1 unspecified atom stereocenters. The molecular weight excluding hydrogens is 471 g/mol. The molecule has 2 saturated heterocycles. The van der Waals surface area contributed by atoms with E-state index in [0.29, 0.717) is 18.3 Å². The Morgan fingerprint density at radius 1 is 1.16 bits per heavy atom. The highest BCUT2D eigenvalue weighted by molar-refractivity contribution is 6.48. The van der Waals surface area contributed by atoms with Crippen LogP contribution in [0, 0.1) is 17.3 Å². The second-order valence-electron chi connectivity index (χ2n) is 12.0. The lowest BCUT2D eigenvalue weighted by Gasteiger charge is -2.64. The van der Waals surface area contributed by atoms with E-state index in [1.165, 1.54) is 12.7 Å². The van der Waals surface area contributed by atoms with Crippen LogP contribution in [0.3, 0.4) is 0 Å². The molecule has 8 nitrogen and oxygen atoms in total. The molecule has 6 atom stereocenters. The van der Waals surface area contributed by atoms with Gasteiger partial charge in [0.2, 0.25) is 17.7 Å². The lowest BCUT2D eigenvalue weighted by Crippen LogP contribution is -2.65. The topological polar surface area (TPSA) is 94.2 Å². The van der Waals surface area contributed by atoms with Crippen LogP contribution in [0.4, 0.5) is 0 Å². The normalized spacial score (nSPS) is 31.6. The van der Waals surface area contributed by atoms with Crippen LogP contribution >= 0.6 is 0 Å². The number of aryl methyl sites for hydroxylation is 1. The maximum atomic E-state index is 13.5. The monoisotopic (exact) mass is 510 g/mol. The van der Waals surface area contributed by atoms with Gasteiger partial charge < -0.3 is 19.4 Å². The summed E-state index contributed by atoms with van der Waals surface area (Å²) in [5.74, 6) is -0.454. The number of nitrogens with one attached hydrogen (secondary N) is 1. The van der Waals surface area contributed by atoms with Gasteiger partial charge in [-0.2, -0.15) is 0 Å². The summed E-state index contributed by atoms with van der Waals surface area (Å²) in [5.41, 5.74) is 1.06. The lowest BCUT2D eigenvalue weighted by molar-refractivity contribution is -0.199. The van der Waals surface area contributed by atoms with Crippen molar-refractivity contribution in [2.75, 3.05) is 13.7 Å². The van der Waals surface area contributed by atoms with Gasteiger partial charge in [-0.1, -0.05) is 44.2 Å². The van der Waals surface area contributed by atoms with E-state index in [9.17, 15) is 14.4 Å². The van der Waals surface area contributed by atoms with Crippen LogP contribution in [-0.2, 0) is 34.9 Å². The summed E-state index contributed by atoms with van der Waals surface area (Å²) in [5, 5.41) is 3.11. The van der Waals surface area contributed by atoms with Crippen molar-refractivity contribution in [3.63, 3.8) is 0 Å². The fraction of sp³-hybridized carbons (Fsp3) is 0.679. The molecule has 37 heavy (non-hydrogen) atoms. The third kappa shape index (κ3) is 4.74. The molecule has 2 heterocycles. The highest BCUT2D eigenvalue weighted by Crippen LogP contribution is 2.65. The number of rotatable bonds is 10. The van der Waals surface area contributed by atoms with Crippen LogP contribution in [-0.4, -0.2) is 67.1 Å². The molecule has 5 aliphatic rings. The van der Waals surface area contributed by atoms with Crippen LogP contribution in [0.25, 0.3) is 0 Å². The molecule has 0 radical (unpaired) electrons. The number of hydrogen-bond acceptors (Lipinski definition) is 6. The minimum atomic E-state index is -1.00. The highest BCUT2D eigenvalue weighted by atomic mass is 16.7. The fourth-order valence-electron chi connectivity index (χ4n) is 7.16. The second kappa shape index (κ2) is 10.2. The first-order chi connectivity index (χ1) is 17.6. The number of carbonyl (C=O) groups is 3. The number of imide groups is 1. The van der Waals surface area contributed by atoms with Crippen LogP contribution in [0.1, 0.15) is 64.9 Å². The first-order valence-corrected chi connectivity index (χ1v) is 13.7. The van der Waals surface area contributed by atoms with E-state index in [2.05, 4.69) is 38.2 Å². The standard InChI is InChI=1S/C28H39BN2O6/c1-27(2)19-15-21(27)28(3)22(16-19)36-29(37-28)23(12-8-11-18-9-6-5-7-10-18)30-26(34)20(17-35-4)31-24(32)13-14-25(31)33/h5-7,9-10,19-23H,8,11-17H2,1-4H3,(H,30,34)/t19-,20?,21-,22+,23-,28-/m0/s1. The number of methoxy groups -OCH3 is 1. The third-order valence-corrected chi connectivity index (χ3v) is 9.48. The van der Waals surface area contributed by atoms with Crippen molar-refractivity contribution in [3.05, 3.63) is 35.9 Å². The summed E-state index contributed by atoms with van der Waals surface area (Å²) >= 11 is 0. The summed E-state index contributed by atoms with van der Waals surface area (Å²) in [6.07, 6.45) is 4.70. The number of likely N-dealkylation sites (tertiary alicyclic amines) is 1. The van der Waals surface area contributed by atoms with E-state index in [4.69, 9.17) is 14.0 Å². The zero-order valence-electron chi connectivity index (χ0n) is 22.4. The molecule has 1 N–H and O–H groups in total. The Morgan fingerprint density at radius 3 is 2.51 bits per heavy atom. The minimum absolute atomic E-state index is 0.000639. The van der Waals surface area contributed by atoms with Crippen LogP contribution in [0.5, 0.6) is 0 Å². The SMILES string of the molecule is COCC(C(=O)N[C@@H](CCCc1ccccc1)B1O[C@@H]2C[C@@H]3C[C@@H](C3(C)C)[C@]2(C)O1)N1C(=O)CCC1=O. The molecule has 0 aromatic heterocycles. The molecular formula is C28H39BN2O6. The van der Waals surface area contributed by atoms with Crippen molar-refractivity contribution in [1.82, 2.24) is 10.2 Å². The van der Waals surface area contributed by atoms with Gasteiger partial charge in [0.15, 0.2) is 0 Å². The molecule has 200 valence electrons. The summed E-state index contributed by atoms with van der Waals surface area (Å²) in [7, 11) is 0.878. The van der Waals surface area contributed by atoms with Gasteiger partial charge >= 0.3 is 7.12 Å². The third-order valence-electron chi connectivity index (χ3n) is 9.48. The number of hydrogen-bond donors (Lipinski definition) is 1. The van der Waals surface area contributed by atoms with E-state index in [1.807, 2.05) is 18.2 Å². The molecule has 5 fully saturated rings. The Balaban J connectivity index is 1.33. The predicted octanol–water partition coefficient (Wildman–Crippen LogP) is 2.93. The Bertz CT molecular complexity index is 1020. The smallest absolute Gasteiger partial charge is 0.404 e. The van der Waals surface area contributed by atoms with Crippen molar-refractivity contribution in [3.8, 4) is 0 Å². The summed E-state index contributed by atoms with van der Waals surface area (Å²) < 4.78 is 18.5. The van der Waals surface area contributed by atoms with Gasteiger partial charge in [-0.05, 0) is 61.8 Å². The summed E-state index contributed by atoms with van der Waals surface area (Å²) in [6, 6.07) is 9.24. The summed E-state index contributed by atoms with van der Waals surface area (Å²) in [6.45, 7) is 6.76. The van der Waals surface area contributed by atoms with Gasteiger partial charge in [0, 0.05) is 20.0 Å². The highest BCUT2D eigenvalue weighted by Gasteiger charge is 2.68. The van der Waals surface area contributed by atoms with Crippen molar-refractivity contribution in [2.45, 2.75) is 89.4 Å². The molecule has 2 aliphatic heterocycles. The van der Waals surface area contributed by atoms with Crippen LogP contribution in [0.2, 0.25) is 0 Å². The van der Waals surface area contributed by atoms with E-state index >= 15 is 0 Å². The number of ether oxygens (including phenoxy) is 1. The molecule has 3 saturated carbocycles. The van der Waals surface area contributed by atoms with E-state index in [-0.39, 0.29) is 42.8 Å². The van der Waals surface area contributed by atoms with Gasteiger partial charge in [0.05, 0.1) is 24.3 Å². The quantitative estimate of drug-likeness (QED) is 0.384. The first-order valence-electron chi connectivity index (χ1n) is 13.7. The zero-order chi connectivity index (χ0) is 26.4. The molecule has 2 bridgehead atoms. The van der Waals surface area contributed by atoms with Gasteiger partial charge in [-0.3, -0.25) is 19.3 Å². The number of benzene rings is 1. The van der Waals surface area contributed by atoms with E-state index in [0.717, 1.165) is 30.6 Å². The number of amides is 3. The molecule has 1 aromatic carbocycles. The Kier molecular flexibility index (Phi) is 7.24. The molecule has 9 heteroatoms. The maximum Gasteiger partial charge on any atom is 0.481 e. The Hall–Kier alpha value is -2.23. The van der Waals surface area contributed by atoms with Gasteiger partial charge in [0.25, 0.3) is 0 Å².